The number of ether oxygens (including phenoxy) is 1. The molecule has 0 aliphatic carbocycles. The molecule has 0 saturated heterocycles. The SMILES string of the molecule is [CH2]OC(=O)c1ccc(Cl)cc1. The maximum absolute atomic E-state index is 10.8. The average Bonchev–Trinajstić information content (AvgIpc) is 2.05. The molecule has 0 aromatic heterocycles. The Bertz CT molecular complexity index is 253. The van der Waals surface area contributed by atoms with Gasteiger partial charge in [-0.2, -0.15) is 0 Å². The molecule has 0 saturated carbocycles. The zero-order valence-electron chi connectivity index (χ0n) is 5.71. The highest BCUT2D eigenvalue weighted by Crippen LogP contribution is 2.09. The zero-order chi connectivity index (χ0) is 8.27. The minimum atomic E-state index is -0.457. The monoisotopic (exact) mass is 169 g/mol. The van der Waals surface area contributed by atoms with Gasteiger partial charge in [0.2, 0.25) is 0 Å². The lowest BCUT2D eigenvalue weighted by atomic mass is 10.2. The summed E-state index contributed by atoms with van der Waals surface area (Å²) in [5.74, 6) is -0.457. The largest absolute Gasteiger partial charge is 0.458 e. The normalized spacial score (nSPS) is 9.27. The maximum Gasteiger partial charge on any atom is 0.338 e. The molecule has 0 unspecified atom stereocenters. The number of hydrogen-bond donors (Lipinski definition) is 0. The standard InChI is InChI=1S/C8H6ClO2/c1-11-8(10)6-2-4-7(9)5-3-6/h2-5H,1H2. The van der Waals surface area contributed by atoms with Crippen LogP contribution in [0.15, 0.2) is 24.3 Å². The molecule has 0 heterocycles. The van der Waals surface area contributed by atoms with E-state index in [4.69, 9.17) is 11.6 Å². The topological polar surface area (TPSA) is 26.3 Å². The highest BCUT2D eigenvalue weighted by Gasteiger charge is 2.02. The minimum Gasteiger partial charge on any atom is -0.458 e. The third-order valence-corrected chi connectivity index (χ3v) is 1.46. The number of esters is 1. The van der Waals surface area contributed by atoms with Gasteiger partial charge in [0.05, 0.1) is 5.56 Å². The second-order valence-corrected chi connectivity index (χ2v) is 2.38. The van der Waals surface area contributed by atoms with Crippen molar-refractivity contribution in [3.05, 3.63) is 42.0 Å². The lowest BCUT2D eigenvalue weighted by molar-refractivity contribution is 0.0654. The van der Waals surface area contributed by atoms with E-state index in [9.17, 15) is 4.79 Å². The molecule has 0 aliphatic heterocycles. The van der Waals surface area contributed by atoms with E-state index in [0.717, 1.165) is 0 Å². The molecular formula is C8H6ClO2. The van der Waals surface area contributed by atoms with Crippen LogP contribution in [0.2, 0.25) is 5.02 Å². The third kappa shape index (κ3) is 1.95. The first kappa shape index (κ1) is 8.08. The first-order valence-corrected chi connectivity index (χ1v) is 3.34. The van der Waals surface area contributed by atoms with Crippen molar-refractivity contribution in [2.24, 2.45) is 0 Å². The van der Waals surface area contributed by atoms with Crippen LogP contribution in [0.3, 0.4) is 0 Å². The Morgan fingerprint density at radius 3 is 2.36 bits per heavy atom. The molecule has 2 nitrogen and oxygen atoms in total. The van der Waals surface area contributed by atoms with Gasteiger partial charge in [0.15, 0.2) is 0 Å². The fourth-order valence-electron chi connectivity index (χ4n) is 0.669. The Balaban J connectivity index is 2.90. The Kier molecular flexibility index (Phi) is 2.49. The molecule has 0 fully saturated rings. The second-order valence-electron chi connectivity index (χ2n) is 1.94. The van der Waals surface area contributed by atoms with Gasteiger partial charge in [-0.05, 0) is 24.3 Å². The van der Waals surface area contributed by atoms with Crippen LogP contribution in [-0.4, -0.2) is 5.97 Å². The molecule has 0 amide bonds. The summed E-state index contributed by atoms with van der Waals surface area (Å²) in [5, 5.41) is 0.589. The van der Waals surface area contributed by atoms with Crippen LogP contribution in [0, 0.1) is 7.11 Å². The van der Waals surface area contributed by atoms with Gasteiger partial charge in [-0.15, -0.1) is 0 Å². The summed E-state index contributed by atoms with van der Waals surface area (Å²) in [7, 11) is 3.00. The van der Waals surface area contributed by atoms with E-state index >= 15 is 0 Å². The van der Waals surface area contributed by atoms with Crippen molar-refractivity contribution in [2.75, 3.05) is 0 Å². The van der Waals surface area contributed by atoms with E-state index in [-0.39, 0.29) is 0 Å². The van der Waals surface area contributed by atoms with E-state index in [1.54, 1.807) is 24.3 Å². The number of rotatable bonds is 1. The quantitative estimate of drug-likeness (QED) is 0.603. The minimum absolute atomic E-state index is 0.449. The van der Waals surface area contributed by atoms with E-state index in [1.165, 1.54) is 0 Å². The number of carbonyl (C=O) groups is 1. The average molecular weight is 170 g/mol. The highest BCUT2D eigenvalue weighted by molar-refractivity contribution is 6.30. The molecule has 1 radical (unpaired) electrons. The fraction of sp³-hybridized carbons (Fsp3) is 0. The van der Waals surface area contributed by atoms with E-state index in [1.807, 2.05) is 0 Å². The summed E-state index contributed by atoms with van der Waals surface area (Å²) in [6.45, 7) is 0. The van der Waals surface area contributed by atoms with Gasteiger partial charge in [0, 0.05) is 5.02 Å². The Hall–Kier alpha value is -1.02. The van der Waals surface area contributed by atoms with Gasteiger partial charge >= 0.3 is 5.97 Å². The van der Waals surface area contributed by atoms with Gasteiger partial charge in [0.25, 0.3) is 0 Å². The van der Waals surface area contributed by atoms with E-state index in [2.05, 4.69) is 11.8 Å². The van der Waals surface area contributed by atoms with Gasteiger partial charge in [0.1, 0.15) is 7.11 Å². The molecule has 57 valence electrons. The summed E-state index contributed by atoms with van der Waals surface area (Å²) < 4.78 is 4.24. The predicted molar refractivity (Wildman–Crippen MR) is 42.2 cm³/mol. The molecule has 1 aromatic rings. The lowest BCUT2D eigenvalue weighted by Gasteiger charge is -1.96. The summed E-state index contributed by atoms with van der Waals surface area (Å²) in [4.78, 5) is 10.8. The maximum atomic E-state index is 10.8. The van der Waals surface area contributed by atoms with E-state index in [0.29, 0.717) is 10.6 Å². The van der Waals surface area contributed by atoms with Crippen LogP contribution >= 0.6 is 11.6 Å². The Labute approximate surface area is 69.7 Å². The summed E-state index contributed by atoms with van der Waals surface area (Å²) >= 11 is 5.59. The zero-order valence-corrected chi connectivity index (χ0v) is 6.47. The van der Waals surface area contributed by atoms with Crippen LogP contribution in [0.25, 0.3) is 0 Å². The lowest BCUT2D eigenvalue weighted by Crippen LogP contribution is -1.98. The number of carbonyl (C=O) groups excluding carboxylic acids is 1. The third-order valence-electron chi connectivity index (χ3n) is 1.21. The molecule has 0 aliphatic rings. The Morgan fingerprint density at radius 2 is 1.91 bits per heavy atom. The van der Waals surface area contributed by atoms with Crippen LogP contribution in [0.1, 0.15) is 10.4 Å². The molecule has 0 bridgehead atoms. The van der Waals surface area contributed by atoms with Crippen molar-refractivity contribution in [1.82, 2.24) is 0 Å². The molecule has 1 rings (SSSR count). The molecular weight excluding hydrogens is 164 g/mol. The number of halogens is 1. The molecule has 3 heteroatoms. The van der Waals surface area contributed by atoms with Crippen molar-refractivity contribution in [1.29, 1.82) is 0 Å². The van der Waals surface area contributed by atoms with Gasteiger partial charge < -0.3 is 4.74 Å². The number of benzene rings is 1. The highest BCUT2D eigenvalue weighted by atomic mass is 35.5. The van der Waals surface area contributed by atoms with Gasteiger partial charge in [-0.25, -0.2) is 4.79 Å². The molecule has 0 atom stereocenters. The van der Waals surface area contributed by atoms with Crippen molar-refractivity contribution in [2.45, 2.75) is 0 Å². The smallest absolute Gasteiger partial charge is 0.338 e. The van der Waals surface area contributed by atoms with Crippen LogP contribution in [0.5, 0.6) is 0 Å². The molecule has 0 spiro atoms. The summed E-state index contributed by atoms with van der Waals surface area (Å²) in [6, 6.07) is 6.40. The molecule has 0 N–H and O–H groups in total. The van der Waals surface area contributed by atoms with Crippen molar-refractivity contribution in [3.63, 3.8) is 0 Å². The van der Waals surface area contributed by atoms with Gasteiger partial charge in [-0.1, -0.05) is 11.6 Å². The van der Waals surface area contributed by atoms with Crippen molar-refractivity contribution >= 4 is 17.6 Å². The Morgan fingerprint density at radius 1 is 1.36 bits per heavy atom. The van der Waals surface area contributed by atoms with Crippen LogP contribution in [-0.2, 0) is 4.74 Å². The summed E-state index contributed by atoms with van der Waals surface area (Å²) in [5.41, 5.74) is 0.449. The summed E-state index contributed by atoms with van der Waals surface area (Å²) in [6.07, 6.45) is 0. The van der Waals surface area contributed by atoms with Crippen molar-refractivity contribution in [3.8, 4) is 0 Å². The van der Waals surface area contributed by atoms with Crippen molar-refractivity contribution < 1.29 is 9.53 Å². The fourth-order valence-corrected chi connectivity index (χ4v) is 0.795. The predicted octanol–water partition coefficient (Wildman–Crippen LogP) is 2.29. The first-order chi connectivity index (χ1) is 5.24. The second kappa shape index (κ2) is 3.39. The van der Waals surface area contributed by atoms with E-state index < -0.39 is 5.97 Å². The molecule has 11 heavy (non-hydrogen) atoms. The van der Waals surface area contributed by atoms with Crippen LogP contribution in [0.4, 0.5) is 0 Å². The van der Waals surface area contributed by atoms with Crippen LogP contribution < -0.4 is 0 Å². The first-order valence-electron chi connectivity index (χ1n) is 2.96. The van der Waals surface area contributed by atoms with Gasteiger partial charge in [-0.3, -0.25) is 0 Å². The number of hydrogen-bond acceptors (Lipinski definition) is 2. The molecule has 1 aromatic carbocycles.